The molecule has 4 aromatic rings. The third kappa shape index (κ3) is 3.10. The highest BCUT2D eigenvalue weighted by atomic mass is 79.9. The summed E-state index contributed by atoms with van der Waals surface area (Å²) < 4.78 is 0.766. The van der Waals surface area contributed by atoms with Gasteiger partial charge in [-0.15, -0.1) is 0 Å². The second-order valence-corrected chi connectivity index (χ2v) is 7.98. The number of hydrogen-bond acceptors (Lipinski definition) is 4. The van der Waals surface area contributed by atoms with Gasteiger partial charge in [0.2, 0.25) is 0 Å². The van der Waals surface area contributed by atoms with Gasteiger partial charge in [0.05, 0.1) is 33.6 Å². The highest BCUT2D eigenvalue weighted by Gasteiger charge is 2.36. The van der Waals surface area contributed by atoms with Crippen molar-refractivity contribution in [1.82, 2.24) is 4.98 Å². The Bertz CT molecular complexity index is 1380. The van der Waals surface area contributed by atoms with Gasteiger partial charge in [-0.05, 0) is 48.5 Å². The summed E-state index contributed by atoms with van der Waals surface area (Å²) in [5.74, 6) is -1.78. The molecule has 0 aliphatic carbocycles. The van der Waals surface area contributed by atoms with Gasteiger partial charge in [0.1, 0.15) is 0 Å². The zero-order chi connectivity index (χ0) is 21.7. The zero-order valence-corrected chi connectivity index (χ0v) is 17.5. The summed E-state index contributed by atoms with van der Waals surface area (Å²) in [6.45, 7) is 0. The molecule has 1 N–H and O–H groups in total. The highest BCUT2D eigenvalue weighted by molar-refractivity contribution is 9.10. The maximum atomic E-state index is 12.7. The Balaban J connectivity index is 1.55. The quantitative estimate of drug-likeness (QED) is 0.416. The molecule has 5 rings (SSSR count). The molecule has 0 atom stereocenters. The maximum Gasteiger partial charge on any atom is 0.336 e. The number of carbonyl (C=O) groups is 3. The molecule has 150 valence electrons. The van der Waals surface area contributed by atoms with Crippen LogP contribution in [-0.4, -0.2) is 27.9 Å². The third-order valence-electron chi connectivity index (χ3n) is 5.22. The molecule has 1 aliphatic rings. The number of carboxylic acids is 1. The molecule has 0 radical (unpaired) electrons. The van der Waals surface area contributed by atoms with Crippen molar-refractivity contribution in [1.29, 1.82) is 0 Å². The second-order valence-electron chi connectivity index (χ2n) is 7.06. The predicted molar refractivity (Wildman–Crippen MR) is 119 cm³/mol. The summed E-state index contributed by atoms with van der Waals surface area (Å²) in [5.41, 5.74) is 3.07. The molecule has 7 heteroatoms. The number of anilines is 1. The van der Waals surface area contributed by atoms with Gasteiger partial charge in [-0.1, -0.05) is 40.2 Å². The molecule has 2 amide bonds. The van der Waals surface area contributed by atoms with Gasteiger partial charge in [-0.2, -0.15) is 0 Å². The van der Waals surface area contributed by atoms with E-state index in [1.54, 1.807) is 66.7 Å². The van der Waals surface area contributed by atoms with Crippen LogP contribution in [0.5, 0.6) is 0 Å². The minimum Gasteiger partial charge on any atom is -0.478 e. The van der Waals surface area contributed by atoms with Gasteiger partial charge in [0.15, 0.2) is 0 Å². The number of aromatic nitrogens is 1. The van der Waals surface area contributed by atoms with Crippen LogP contribution < -0.4 is 4.90 Å². The Morgan fingerprint density at radius 1 is 0.871 bits per heavy atom. The van der Waals surface area contributed by atoms with Crippen molar-refractivity contribution in [2.75, 3.05) is 4.90 Å². The highest BCUT2D eigenvalue weighted by Crippen LogP contribution is 2.31. The average Bonchev–Trinajstić information content (AvgIpc) is 3.03. The number of nitrogens with zero attached hydrogens (tertiary/aromatic N) is 2. The van der Waals surface area contributed by atoms with E-state index in [9.17, 15) is 19.5 Å². The normalized spacial score (nSPS) is 13.0. The molecule has 3 aromatic carbocycles. The fourth-order valence-electron chi connectivity index (χ4n) is 3.73. The monoisotopic (exact) mass is 472 g/mol. The van der Waals surface area contributed by atoms with Gasteiger partial charge < -0.3 is 5.11 Å². The van der Waals surface area contributed by atoms with Crippen LogP contribution in [0.4, 0.5) is 5.69 Å². The van der Waals surface area contributed by atoms with E-state index in [2.05, 4.69) is 20.9 Å². The molecule has 1 aromatic heterocycles. The van der Waals surface area contributed by atoms with E-state index in [4.69, 9.17) is 0 Å². The molecule has 0 unspecified atom stereocenters. The summed E-state index contributed by atoms with van der Waals surface area (Å²) in [6.07, 6.45) is 0. The van der Waals surface area contributed by atoms with Gasteiger partial charge in [0.25, 0.3) is 11.8 Å². The first-order valence-corrected chi connectivity index (χ1v) is 10.2. The van der Waals surface area contributed by atoms with Crippen molar-refractivity contribution in [2.45, 2.75) is 0 Å². The smallest absolute Gasteiger partial charge is 0.336 e. The molecule has 0 saturated heterocycles. The van der Waals surface area contributed by atoms with E-state index in [-0.39, 0.29) is 17.4 Å². The van der Waals surface area contributed by atoms with Gasteiger partial charge in [-0.25, -0.2) is 14.7 Å². The summed E-state index contributed by atoms with van der Waals surface area (Å²) in [6, 6.07) is 20.3. The number of benzene rings is 3. The van der Waals surface area contributed by atoms with Gasteiger partial charge in [-0.3, -0.25) is 9.59 Å². The number of pyridine rings is 1. The van der Waals surface area contributed by atoms with Crippen molar-refractivity contribution in [3.8, 4) is 11.3 Å². The topological polar surface area (TPSA) is 87.6 Å². The largest absolute Gasteiger partial charge is 0.478 e. The van der Waals surface area contributed by atoms with E-state index >= 15 is 0 Å². The van der Waals surface area contributed by atoms with Crippen LogP contribution in [0.15, 0.2) is 77.3 Å². The Labute approximate surface area is 184 Å². The molecule has 2 heterocycles. The van der Waals surface area contributed by atoms with E-state index in [0.29, 0.717) is 39.0 Å². The number of amides is 2. The first kappa shape index (κ1) is 19.1. The number of hydrogen-bond donors (Lipinski definition) is 1. The average molecular weight is 473 g/mol. The van der Waals surface area contributed by atoms with Crippen LogP contribution in [0.25, 0.3) is 22.2 Å². The summed E-state index contributed by atoms with van der Waals surface area (Å²) in [4.78, 5) is 42.9. The number of aromatic carboxylic acids is 1. The number of carboxylic acid groups (broad SMARTS) is 1. The van der Waals surface area contributed by atoms with Crippen LogP contribution >= 0.6 is 15.9 Å². The third-order valence-corrected chi connectivity index (χ3v) is 5.71. The molecule has 0 saturated carbocycles. The molecule has 0 fully saturated rings. The Hall–Kier alpha value is -3.84. The van der Waals surface area contributed by atoms with Crippen molar-refractivity contribution < 1.29 is 19.5 Å². The fourth-order valence-corrected chi connectivity index (χ4v) is 4.09. The first-order chi connectivity index (χ1) is 14.9. The molecule has 0 bridgehead atoms. The van der Waals surface area contributed by atoms with Crippen LogP contribution in [0.3, 0.4) is 0 Å². The molecule has 1 aliphatic heterocycles. The van der Waals surface area contributed by atoms with Crippen LogP contribution in [-0.2, 0) is 0 Å². The minimum absolute atomic E-state index is 0.144. The van der Waals surface area contributed by atoms with E-state index in [0.717, 1.165) is 9.37 Å². The van der Waals surface area contributed by atoms with Crippen molar-refractivity contribution >= 4 is 50.3 Å². The van der Waals surface area contributed by atoms with E-state index < -0.39 is 5.97 Å². The Kier molecular flexibility index (Phi) is 4.41. The van der Waals surface area contributed by atoms with Crippen molar-refractivity contribution in [3.63, 3.8) is 0 Å². The van der Waals surface area contributed by atoms with Crippen LogP contribution in [0, 0.1) is 0 Å². The zero-order valence-electron chi connectivity index (χ0n) is 15.9. The van der Waals surface area contributed by atoms with E-state index in [1.807, 2.05) is 0 Å². The second kappa shape index (κ2) is 7.14. The maximum absolute atomic E-state index is 12.7. The lowest BCUT2D eigenvalue weighted by molar-refractivity contribution is 0.0698. The van der Waals surface area contributed by atoms with Gasteiger partial charge >= 0.3 is 5.97 Å². The lowest BCUT2D eigenvalue weighted by Gasteiger charge is -2.14. The number of halogens is 1. The van der Waals surface area contributed by atoms with Crippen molar-refractivity contribution in [3.05, 3.63) is 94.0 Å². The summed E-state index contributed by atoms with van der Waals surface area (Å²) in [7, 11) is 0. The molecular formula is C24H13BrN2O4. The standard InChI is InChI=1S/C24H13BrN2O4/c25-14-7-10-20-18(11-14)19(24(30)31)12-21(26-20)13-5-8-15(9-6-13)27-22(28)16-3-1-2-4-17(16)23(27)29/h1-12H,(H,30,31). The Morgan fingerprint density at radius 2 is 1.52 bits per heavy atom. The van der Waals surface area contributed by atoms with Crippen LogP contribution in [0.1, 0.15) is 31.1 Å². The van der Waals surface area contributed by atoms with Crippen LogP contribution in [0.2, 0.25) is 0 Å². The number of fused-ring (bicyclic) bond motifs is 2. The molecule has 31 heavy (non-hydrogen) atoms. The lowest BCUT2D eigenvalue weighted by Crippen LogP contribution is -2.29. The van der Waals surface area contributed by atoms with Gasteiger partial charge in [0, 0.05) is 15.4 Å². The van der Waals surface area contributed by atoms with E-state index in [1.165, 1.54) is 6.07 Å². The molecule has 6 nitrogen and oxygen atoms in total. The number of carbonyl (C=O) groups excluding carboxylic acids is 2. The SMILES string of the molecule is O=C(O)c1cc(-c2ccc(N3C(=O)c4ccccc4C3=O)cc2)nc2ccc(Br)cc12. The minimum atomic E-state index is -1.05. The fraction of sp³-hybridized carbons (Fsp3) is 0. The lowest BCUT2D eigenvalue weighted by atomic mass is 10.0. The molecular weight excluding hydrogens is 460 g/mol. The summed E-state index contributed by atoms with van der Waals surface area (Å²) in [5, 5.41) is 10.2. The number of imide groups is 1. The Morgan fingerprint density at radius 3 is 2.13 bits per heavy atom. The van der Waals surface area contributed by atoms with Crippen molar-refractivity contribution in [2.24, 2.45) is 0 Å². The number of rotatable bonds is 3. The molecule has 0 spiro atoms. The summed E-state index contributed by atoms with van der Waals surface area (Å²) >= 11 is 3.36. The predicted octanol–water partition coefficient (Wildman–Crippen LogP) is 5.16. The first-order valence-electron chi connectivity index (χ1n) is 9.36.